The third-order valence-corrected chi connectivity index (χ3v) is 2.00. The molecule has 0 aliphatic carbocycles. The van der Waals surface area contributed by atoms with E-state index in [4.69, 9.17) is 5.11 Å². The number of hydrogen-bond acceptors (Lipinski definition) is 4. The number of rotatable bonds is 4. The summed E-state index contributed by atoms with van der Waals surface area (Å²) in [4.78, 5) is 20.0. The van der Waals surface area contributed by atoms with Crippen molar-refractivity contribution in [1.82, 2.24) is 0 Å². The molecule has 0 saturated carbocycles. The van der Waals surface area contributed by atoms with E-state index in [1.165, 1.54) is 0 Å². The molecule has 0 spiro atoms. The van der Waals surface area contributed by atoms with Gasteiger partial charge < -0.3 is 9.84 Å². The second-order valence-electron chi connectivity index (χ2n) is 3.02. The van der Waals surface area contributed by atoms with Gasteiger partial charge >= 0.3 is 11.9 Å². The normalized spacial score (nSPS) is 11.0. The fraction of sp³-hybridized carbons (Fsp3) is 0.222. The molecule has 0 saturated heterocycles. The van der Waals surface area contributed by atoms with Crippen LogP contribution in [0.2, 0.25) is 0 Å². The van der Waals surface area contributed by atoms with Crippen LogP contribution in [-0.4, -0.2) is 23.1 Å². The third kappa shape index (κ3) is 2.30. The number of benzene rings is 1. The van der Waals surface area contributed by atoms with E-state index in [2.05, 4.69) is 4.74 Å². The van der Waals surface area contributed by atoms with Gasteiger partial charge in [-0.1, -0.05) is 0 Å². The van der Waals surface area contributed by atoms with Crippen LogP contribution in [0.4, 0.5) is 14.5 Å². The van der Waals surface area contributed by atoms with Gasteiger partial charge in [-0.25, -0.2) is 4.79 Å². The van der Waals surface area contributed by atoms with Crippen LogP contribution in [0.3, 0.4) is 0 Å². The Morgan fingerprint density at radius 2 is 2.12 bits per heavy atom. The quantitative estimate of drug-likeness (QED) is 0.646. The zero-order chi connectivity index (χ0) is 13.2. The summed E-state index contributed by atoms with van der Waals surface area (Å²) in [6.45, 7) is 0. The Balaban J connectivity index is 3.36. The van der Waals surface area contributed by atoms with E-state index in [9.17, 15) is 23.7 Å². The number of carboxylic acid groups (broad SMARTS) is 1. The summed E-state index contributed by atoms with van der Waals surface area (Å²) in [7, 11) is 1.01. The second kappa shape index (κ2) is 4.32. The van der Waals surface area contributed by atoms with Gasteiger partial charge in [-0.05, 0) is 6.07 Å². The highest BCUT2D eigenvalue weighted by atomic mass is 19.3. The molecule has 92 valence electrons. The summed E-state index contributed by atoms with van der Waals surface area (Å²) >= 11 is 0. The SMILES string of the molecule is COc1cc([N+](=O)[O-])ccc1C(F)(F)C(=O)O. The minimum absolute atomic E-state index is 0.466. The van der Waals surface area contributed by atoms with E-state index in [0.717, 1.165) is 19.2 Å². The van der Waals surface area contributed by atoms with Crippen molar-refractivity contribution in [2.45, 2.75) is 5.92 Å². The lowest BCUT2D eigenvalue weighted by atomic mass is 10.1. The van der Waals surface area contributed by atoms with Crippen LogP contribution in [0.5, 0.6) is 5.75 Å². The standard InChI is InChI=1S/C9H7F2NO5/c1-17-7-4-5(12(15)16)2-3-6(7)9(10,11)8(13)14/h2-4H,1H3,(H,13,14). The summed E-state index contributed by atoms with van der Waals surface area (Å²) in [5.41, 5.74) is -1.40. The molecule has 1 aromatic rings. The maximum atomic E-state index is 13.2. The molecule has 0 amide bonds. The molecule has 0 aliphatic heterocycles. The van der Waals surface area contributed by atoms with Crippen LogP contribution in [-0.2, 0) is 10.7 Å². The van der Waals surface area contributed by atoms with Gasteiger partial charge in [-0.2, -0.15) is 8.78 Å². The molecular formula is C9H7F2NO5. The molecule has 0 unspecified atom stereocenters. The first kappa shape index (κ1) is 12.8. The van der Waals surface area contributed by atoms with Crippen LogP contribution in [0, 0.1) is 10.1 Å². The number of aliphatic carboxylic acids is 1. The molecular weight excluding hydrogens is 240 g/mol. The molecule has 0 aromatic heterocycles. The summed E-state index contributed by atoms with van der Waals surface area (Å²) in [5.74, 6) is -7.07. The third-order valence-electron chi connectivity index (χ3n) is 2.00. The number of hydrogen-bond donors (Lipinski definition) is 1. The number of carbonyl (C=O) groups is 1. The molecule has 0 aliphatic rings. The monoisotopic (exact) mass is 247 g/mol. The van der Waals surface area contributed by atoms with Crippen LogP contribution >= 0.6 is 0 Å². The molecule has 1 rings (SSSR count). The van der Waals surface area contributed by atoms with Crippen molar-refractivity contribution in [3.8, 4) is 5.75 Å². The van der Waals surface area contributed by atoms with Crippen molar-refractivity contribution >= 4 is 11.7 Å². The van der Waals surface area contributed by atoms with Gasteiger partial charge in [0.15, 0.2) is 0 Å². The van der Waals surface area contributed by atoms with E-state index in [1.54, 1.807) is 0 Å². The van der Waals surface area contributed by atoms with Crippen molar-refractivity contribution in [2.75, 3.05) is 7.11 Å². The van der Waals surface area contributed by atoms with Crippen LogP contribution in [0.1, 0.15) is 5.56 Å². The number of non-ortho nitro benzene ring substituents is 1. The first-order valence-corrected chi connectivity index (χ1v) is 4.24. The average Bonchev–Trinajstić information content (AvgIpc) is 2.27. The number of nitro groups is 1. The Kier molecular flexibility index (Phi) is 3.26. The van der Waals surface area contributed by atoms with E-state index < -0.39 is 33.8 Å². The first-order chi connectivity index (χ1) is 7.80. The van der Waals surface area contributed by atoms with Crippen LogP contribution in [0.25, 0.3) is 0 Å². The van der Waals surface area contributed by atoms with Gasteiger partial charge in [-0.15, -0.1) is 0 Å². The van der Waals surface area contributed by atoms with Crippen molar-refractivity contribution in [3.63, 3.8) is 0 Å². The summed E-state index contributed by atoms with van der Waals surface area (Å²) < 4.78 is 30.9. The number of halogens is 2. The van der Waals surface area contributed by atoms with Crippen molar-refractivity contribution in [3.05, 3.63) is 33.9 Å². The molecule has 17 heavy (non-hydrogen) atoms. The Morgan fingerprint density at radius 1 is 1.53 bits per heavy atom. The molecule has 6 nitrogen and oxygen atoms in total. The van der Waals surface area contributed by atoms with Crippen molar-refractivity contribution < 1.29 is 28.3 Å². The molecule has 0 heterocycles. The number of alkyl halides is 2. The van der Waals surface area contributed by atoms with Crippen molar-refractivity contribution in [2.24, 2.45) is 0 Å². The summed E-state index contributed by atoms with van der Waals surface area (Å²) in [6.07, 6.45) is 0. The highest BCUT2D eigenvalue weighted by molar-refractivity contribution is 5.78. The summed E-state index contributed by atoms with van der Waals surface area (Å²) in [6, 6.07) is 2.19. The van der Waals surface area contributed by atoms with E-state index in [0.29, 0.717) is 6.07 Å². The topological polar surface area (TPSA) is 89.7 Å². The van der Waals surface area contributed by atoms with Gasteiger partial charge in [0.05, 0.1) is 23.7 Å². The largest absolute Gasteiger partial charge is 0.496 e. The first-order valence-electron chi connectivity index (χ1n) is 4.24. The van der Waals surface area contributed by atoms with Gasteiger partial charge in [0.2, 0.25) is 0 Å². The Labute approximate surface area is 93.6 Å². The number of carboxylic acids is 1. The number of nitrogens with zero attached hydrogens (tertiary/aromatic N) is 1. The predicted octanol–water partition coefficient (Wildman–Crippen LogP) is 1.78. The Hall–Kier alpha value is -2.25. The molecule has 0 bridgehead atoms. The van der Waals surface area contributed by atoms with Gasteiger partial charge in [-0.3, -0.25) is 10.1 Å². The van der Waals surface area contributed by atoms with Crippen LogP contribution in [0.15, 0.2) is 18.2 Å². The van der Waals surface area contributed by atoms with Crippen molar-refractivity contribution in [1.29, 1.82) is 0 Å². The maximum absolute atomic E-state index is 13.2. The highest BCUT2D eigenvalue weighted by Crippen LogP contribution is 2.37. The van der Waals surface area contributed by atoms with E-state index >= 15 is 0 Å². The molecule has 1 N–H and O–H groups in total. The maximum Gasteiger partial charge on any atom is 0.379 e. The minimum atomic E-state index is -4.17. The number of methoxy groups -OCH3 is 1. The predicted molar refractivity (Wildman–Crippen MR) is 51.2 cm³/mol. The van der Waals surface area contributed by atoms with E-state index in [-0.39, 0.29) is 0 Å². The summed E-state index contributed by atoms with van der Waals surface area (Å²) in [5, 5.41) is 18.8. The molecule has 1 aromatic carbocycles. The van der Waals surface area contributed by atoms with Gasteiger partial charge in [0, 0.05) is 6.07 Å². The fourth-order valence-electron chi connectivity index (χ4n) is 1.17. The lowest BCUT2D eigenvalue weighted by Crippen LogP contribution is -2.25. The van der Waals surface area contributed by atoms with E-state index in [1.807, 2.05) is 0 Å². The van der Waals surface area contributed by atoms with Gasteiger partial charge in [0.1, 0.15) is 5.75 Å². The molecule has 0 fully saturated rings. The number of ether oxygens (including phenoxy) is 1. The lowest BCUT2D eigenvalue weighted by Gasteiger charge is -2.14. The highest BCUT2D eigenvalue weighted by Gasteiger charge is 2.44. The Bertz CT molecular complexity index is 474. The number of nitro benzene ring substituents is 1. The average molecular weight is 247 g/mol. The Morgan fingerprint density at radius 3 is 2.53 bits per heavy atom. The molecule has 8 heteroatoms. The molecule has 0 atom stereocenters. The minimum Gasteiger partial charge on any atom is -0.496 e. The van der Waals surface area contributed by atoms with Gasteiger partial charge in [0.25, 0.3) is 5.69 Å². The smallest absolute Gasteiger partial charge is 0.379 e. The zero-order valence-corrected chi connectivity index (χ0v) is 8.52. The van der Waals surface area contributed by atoms with Crippen LogP contribution < -0.4 is 4.74 Å². The molecule has 0 radical (unpaired) electrons. The lowest BCUT2D eigenvalue weighted by molar-refractivity contribution is -0.385. The second-order valence-corrected chi connectivity index (χ2v) is 3.02. The fourth-order valence-corrected chi connectivity index (χ4v) is 1.17. The zero-order valence-electron chi connectivity index (χ0n) is 8.52.